The van der Waals surface area contributed by atoms with E-state index in [1.165, 1.54) is 24.4 Å². The minimum Gasteiger partial charge on any atom is -0.383 e. The lowest BCUT2D eigenvalue weighted by Gasteiger charge is -2.33. The fraction of sp³-hybridized carbons (Fsp3) is 0.222. The van der Waals surface area contributed by atoms with Crippen LogP contribution in [0.4, 0.5) is 16.0 Å². The van der Waals surface area contributed by atoms with Crippen molar-refractivity contribution in [2.75, 3.05) is 17.6 Å². The van der Waals surface area contributed by atoms with Crippen molar-refractivity contribution >= 4 is 46.0 Å². The molecule has 2 bridgehead atoms. The van der Waals surface area contributed by atoms with Crippen LogP contribution in [0.2, 0.25) is 5.02 Å². The van der Waals surface area contributed by atoms with E-state index in [1.54, 1.807) is 29.1 Å². The van der Waals surface area contributed by atoms with E-state index >= 15 is 4.39 Å². The zero-order chi connectivity index (χ0) is 26.6. The Morgan fingerprint density at radius 2 is 2.00 bits per heavy atom. The number of piperidine rings is 1. The second kappa shape index (κ2) is 9.21. The lowest BCUT2D eigenvalue weighted by molar-refractivity contribution is -0.128. The third kappa shape index (κ3) is 3.88. The number of carbonyl (C=O) groups is 2. The Labute approximate surface area is 222 Å². The summed E-state index contributed by atoms with van der Waals surface area (Å²) in [7, 11) is 0. The molecule has 2 aliphatic rings. The van der Waals surface area contributed by atoms with Gasteiger partial charge < -0.3 is 16.0 Å². The maximum absolute atomic E-state index is 15.5. The molecule has 4 aromatic rings. The second-order valence-corrected chi connectivity index (χ2v) is 9.95. The van der Waals surface area contributed by atoms with Gasteiger partial charge in [-0.2, -0.15) is 5.10 Å². The summed E-state index contributed by atoms with van der Waals surface area (Å²) in [6.07, 6.45) is 5.96. The largest absolute Gasteiger partial charge is 0.383 e. The van der Waals surface area contributed by atoms with Gasteiger partial charge in [0, 0.05) is 23.9 Å². The number of hydrogen-bond acceptors (Lipinski definition) is 6. The predicted molar refractivity (Wildman–Crippen MR) is 142 cm³/mol. The number of likely N-dealkylation sites (tertiary alicyclic amines) is 1. The second-order valence-electron chi connectivity index (χ2n) is 9.54. The molecule has 2 fully saturated rings. The first-order chi connectivity index (χ1) is 18.4. The SMILES string of the molecule is C=CC(=O)N1CC2CC1[C@H](n1nc(-c3ccc(C(=O)Nc4ccccn4)cc3F)c3c(N)ncc(Cl)c31)C2. The van der Waals surface area contributed by atoms with Crippen LogP contribution < -0.4 is 11.1 Å². The maximum atomic E-state index is 15.5. The molecule has 3 N–H and O–H groups in total. The first kappa shape index (κ1) is 24.1. The third-order valence-electron chi connectivity index (χ3n) is 7.32. The number of pyridine rings is 2. The van der Waals surface area contributed by atoms with Crippen molar-refractivity contribution in [1.29, 1.82) is 0 Å². The lowest BCUT2D eigenvalue weighted by Crippen LogP contribution is -2.42. The fourth-order valence-corrected chi connectivity index (χ4v) is 5.91. The molecule has 2 amide bonds. The molecule has 3 aromatic heterocycles. The summed E-state index contributed by atoms with van der Waals surface area (Å²) in [5.74, 6) is -0.442. The summed E-state index contributed by atoms with van der Waals surface area (Å²) < 4.78 is 17.3. The lowest BCUT2D eigenvalue weighted by atomic mass is 10.0. The quantitative estimate of drug-likeness (QED) is 0.367. The van der Waals surface area contributed by atoms with Crippen molar-refractivity contribution < 1.29 is 14.0 Å². The molecule has 1 aliphatic carbocycles. The molecule has 1 saturated carbocycles. The Hall–Kier alpha value is -4.31. The standard InChI is InChI=1S/C27H23ClFN7O2/c1-2-22(37)35-13-14-9-19(35)20(10-14)36-25-17(28)12-32-26(30)23(25)24(34-36)16-7-6-15(11-18(16)29)27(38)33-21-5-3-4-8-31-21/h2-8,11-12,14,19-20H,1,9-10,13H2,(H2,30,32)(H,31,33,38)/t14?,19?,20-/m1/s1. The Morgan fingerprint density at radius 3 is 2.71 bits per heavy atom. The molecule has 4 heterocycles. The molecule has 11 heteroatoms. The highest BCUT2D eigenvalue weighted by Crippen LogP contribution is 2.47. The number of hydrogen-bond donors (Lipinski definition) is 2. The molecule has 9 nitrogen and oxygen atoms in total. The monoisotopic (exact) mass is 531 g/mol. The summed E-state index contributed by atoms with van der Waals surface area (Å²) in [4.78, 5) is 35.2. The number of nitrogen functional groups attached to an aromatic ring is 1. The number of anilines is 2. The summed E-state index contributed by atoms with van der Waals surface area (Å²) in [5, 5.41) is 8.19. The van der Waals surface area contributed by atoms with Gasteiger partial charge in [0.1, 0.15) is 23.1 Å². The van der Waals surface area contributed by atoms with Gasteiger partial charge in [0.15, 0.2) is 0 Å². The van der Waals surface area contributed by atoms with E-state index in [9.17, 15) is 9.59 Å². The van der Waals surface area contributed by atoms with Crippen LogP contribution in [-0.4, -0.2) is 49.0 Å². The van der Waals surface area contributed by atoms with E-state index < -0.39 is 11.7 Å². The number of benzene rings is 1. The minimum absolute atomic E-state index is 0.0885. The van der Waals surface area contributed by atoms with Gasteiger partial charge in [-0.1, -0.05) is 24.2 Å². The highest BCUT2D eigenvalue weighted by Gasteiger charge is 2.48. The number of aromatic nitrogens is 4. The van der Waals surface area contributed by atoms with Crippen molar-refractivity contribution in [3.05, 3.63) is 77.9 Å². The number of nitrogens with zero attached hydrogens (tertiary/aromatic N) is 5. The zero-order valence-electron chi connectivity index (χ0n) is 20.1. The van der Waals surface area contributed by atoms with Crippen LogP contribution in [0.1, 0.15) is 29.2 Å². The van der Waals surface area contributed by atoms with Crippen LogP contribution >= 0.6 is 11.6 Å². The minimum atomic E-state index is -0.652. The van der Waals surface area contributed by atoms with Gasteiger partial charge in [-0.25, -0.2) is 14.4 Å². The van der Waals surface area contributed by atoms with Crippen LogP contribution in [0.15, 0.2) is 61.4 Å². The molecule has 0 radical (unpaired) electrons. The van der Waals surface area contributed by atoms with Crippen molar-refractivity contribution in [3.63, 3.8) is 0 Å². The number of carbonyl (C=O) groups excluding carboxylic acids is 2. The average molecular weight is 532 g/mol. The van der Waals surface area contributed by atoms with Gasteiger partial charge in [-0.05, 0) is 55.2 Å². The molecule has 38 heavy (non-hydrogen) atoms. The van der Waals surface area contributed by atoms with Gasteiger partial charge in [-0.15, -0.1) is 0 Å². The molecule has 1 aromatic carbocycles. The van der Waals surface area contributed by atoms with Crippen molar-refractivity contribution in [2.24, 2.45) is 5.92 Å². The first-order valence-electron chi connectivity index (χ1n) is 12.1. The number of amides is 2. The van der Waals surface area contributed by atoms with Crippen LogP contribution in [0.25, 0.3) is 22.2 Å². The normalized spacial score (nSPS) is 20.2. The molecule has 3 atom stereocenters. The van der Waals surface area contributed by atoms with Crippen molar-refractivity contribution in [2.45, 2.75) is 24.9 Å². The van der Waals surface area contributed by atoms with Crippen molar-refractivity contribution in [1.82, 2.24) is 24.6 Å². The third-order valence-corrected chi connectivity index (χ3v) is 7.60. The molecular formula is C27H23ClFN7O2. The molecule has 6 rings (SSSR count). The Balaban J connectivity index is 1.41. The summed E-state index contributed by atoms with van der Waals surface area (Å²) >= 11 is 6.60. The fourth-order valence-electron chi connectivity index (χ4n) is 5.68. The summed E-state index contributed by atoms with van der Waals surface area (Å²) in [6.45, 7) is 4.30. The number of rotatable bonds is 5. The van der Waals surface area contributed by atoms with E-state index in [1.807, 2.05) is 4.90 Å². The Kier molecular flexibility index (Phi) is 5.83. The molecule has 2 unspecified atom stereocenters. The highest BCUT2D eigenvalue weighted by atomic mass is 35.5. The molecular weight excluding hydrogens is 509 g/mol. The molecule has 1 saturated heterocycles. The van der Waals surface area contributed by atoms with Gasteiger partial charge in [0.25, 0.3) is 5.91 Å². The van der Waals surface area contributed by atoms with Crippen LogP contribution in [-0.2, 0) is 4.79 Å². The van der Waals surface area contributed by atoms with Crippen LogP contribution in [0.3, 0.4) is 0 Å². The number of nitrogens with two attached hydrogens (primary N) is 1. The van der Waals surface area contributed by atoms with E-state index in [0.29, 0.717) is 34.2 Å². The van der Waals surface area contributed by atoms with Gasteiger partial charge in [-0.3, -0.25) is 14.3 Å². The van der Waals surface area contributed by atoms with Crippen LogP contribution in [0, 0.1) is 11.7 Å². The van der Waals surface area contributed by atoms with E-state index in [-0.39, 0.29) is 40.6 Å². The topological polar surface area (TPSA) is 119 Å². The van der Waals surface area contributed by atoms with E-state index in [2.05, 4.69) is 21.9 Å². The van der Waals surface area contributed by atoms with Gasteiger partial charge in [0.05, 0.1) is 34.2 Å². The van der Waals surface area contributed by atoms with Crippen molar-refractivity contribution in [3.8, 4) is 11.3 Å². The first-order valence-corrected chi connectivity index (χ1v) is 12.5. The number of fused-ring (bicyclic) bond motifs is 3. The number of halogens is 2. The van der Waals surface area contributed by atoms with Crippen LogP contribution in [0.5, 0.6) is 0 Å². The smallest absolute Gasteiger partial charge is 0.256 e. The van der Waals surface area contributed by atoms with E-state index in [4.69, 9.17) is 22.4 Å². The highest BCUT2D eigenvalue weighted by molar-refractivity contribution is 6.35. The molecule has 0 spiro atoms. The van der Waals surface area contributed by atoms with Gasteiger partial charge >= 0.3 is 0 Å². The molecule has 1 aliphatic heterocycles. The predicted octanol–water partition coefficient (Wildman–Crippen LogP) is 4.47. The Morgan fingerprint density at radius 1 is 1.18 bits per heavy atom. The summed E-state index contributed by atoms with van der Waals surface area (Å²) in [6, 6.07) is 9.00. The summed E-state index contributed by atoms with van der Waals surface area (Å²) in [5.41, 5.74) is 7.35. The average Bonchev–Trinajstić information content (AvgIpc) is 3.64. The number of nitrogens with one attached hydrogen (secondary N) is 1. The zero-order valence-corrected chi connectivity index (χ0v) is 20.9. The van der Waals surface area contributed by atoms with Gasteiger partial charge in [0.2, 0.25) is 5.91 Å². The Bertz CT molecular complexity index is 1610. The van der Waals surface area contributed by atoms with E-state index in [0.717, 1.165) is 18.9 Å². The maximum Gasteiger partial charge on any atom is 0.256 e. The molecule has 192 valence electrons.